The first-order chi connectivity index (χ1) is 9.67. The highest BCUT2D eigenvalue weighted by Gasteiger charge is 2.12. The zero-order valence-electron chi connectivity index (χ0n) is 10.4. The molecule has 0 saturated carbocycles. The predicted molar refractivity (Wildman–Crippen MR) is 68.0 cm³/mol. The van der Waals surface area contributed by atoms with Crippen molar-refractivity contribution in [3.63, 3.8) is 0 Å². The number of hydrogen-bond donors (Lipinski definition) is 1. The summed E-state index contributed by atoms with van der Waals surface area (Å²) in [6.45, 7) is 0. The number of aromatic nitrogens is 3. The second-order valence-electron chi connectivity index (χ2n) is 3.96. The van der Waals surface area contributed by atoms with Gasteiger partial charge in [0.1, 0.15) is 17.0 Å². The van der Waals surface area contributed by atoms with E-state index in [2.05, 4.69) is 19.7 Å². The number of carbonyl (C=O) groups excluding carboxylic acids is 1. The van der Waals surface area contributed by atoms with Crippen molar-refractivity contribution in [2.45, 2.75) is 0 Å². The second-order valence-corrected chi connectivity index (χ2v) is 3.96. The Balaban J connectivity index is 2.00. The van der Waals surface area contributed by atoms with Gasteiger partial charge in [-0.05, 0) is 12.1 Å². The van der Waals surface area contributed by atoms with E-state index in [1.807, 2.05) is 0 Å². The highest BCUT2D eigenvalue weighted by molar-refractivity contribution is 5.87. The number of fused-ring (bicyclic) bond motifs is 1. The van der Waals surface area contributed by atoms with E-state index < -0.39 is 5.97 Å². The molecule has 0 spiro atoms. The maximum atomic E-state index is 11.3. The van der Waals surface area contributed by atoms with Gasteiger partial charge in [-0.3, -0.25) is 0 Å². The van der Waals surface area contributed by atoms with Crippen LogP contribution < -0.4 is 0 Å². The molecule has 0 radical (unpaired) electrons. The van der Waals surface area contributed by atoms with Gasteiger partial charge in [-0.25, -0.2) is 19.7 Å². The number of rotatable bonds is 2. The smallest absolute Gasteiger partial charge is 0.356 e. The average molecular weight is 271 g/mol. The van der Waals surface area contributed by atoms with Crippen LogP contribution in [-0.4, -0.2) is 33.1 Å². The number of pyridine rings is 2. The summed E-state index contributed by atoms with van der Waals surface area (Å²) in [5.41, 5.74) is 1.55. The van der Waals surface area contributed by atoms with E-state index in [1.54, 1.807) is 6.07 Å². The fourth-order valence-electron chi connectivity index (χ4n) is 1.68. The lowest BCUT2D eigenvalue weighted by Gasteiger charge is -1.98. The van der Waals surface area contributed by atoms with Crippen LogP contribution >= 0.6 is 0 Å². The van der Waals surface area contributed by atoms with Gasteiger partial charge in [-0.15, -0.1) is 0 Å². The van der Waals surface area contributed by atoms with Gasteiger partial charge >= 0.3 is 5.97 Å². The normalized spacial score (nSPS) is 10.7. The number of carbonyl (C=O) groups is 1. The van der Waals surface area contributed by atoms with Crippen LogP contribution in [0.2, 0.25) is 0 Å². The monoisotopic (exact) mass is 271 g/mol. The van der Waals surface area contributed by atoms with Gasteiger partial charge in [-0.1, -0.05) is 0 Å². The largest absolute Gasteiger partial charge is 0.506 e. The molecule has 20 heavy (non-hydrogen) atoms. The first-order valence-electron chi connectivity index (χ1n) is 5.67. The van der Waals surface area contributed by atoms with Crippen LogP contribution in [0.3, 0.4) is 0 Å². The van der Waals surface area contributed by atoms with Gasteiger partial charge < -0.3 is 14.3 Å². The Morgan fingerprint density at radius 2 is 2.15 bits per heavy atom. The number of ether oxygens (including phenoxy) is 1. The molecule has 0 aliphatic heterocycles. The zero-order valence-corrected chi connectivity index (χ0v) is 10.4. The molecule has 7 nitrogen and oxygen atoms in total. The molecule has 3 aromatic heterocycles. The molecule has 0 atom stereocenters. The lowest BCUT2D eigenvalue weighted by Crippen LogP contribution is -2.03. The van der Waals surface area contributed by atoms with Gasteiger partial charge in [0.2, 0.25) is 11.6 Å². The Labute approximate surface area is 112 Å². The van der Waals surface area contributed by atoms with Gasteiger partial charge in [0.15, 0.2) is 0 Å². The summed E-state index contributed by atoms with van der Waals surface area (Å²) < 4.78 is 10.0. The lowest BCUT2D eigenvalue weighted by molar-refractivity contribution is 0.0594. The predicted octanol–water partition coefficient (Wildman–Crippen LogP) is 1.78. The standard InChI is InChI=1S/C13H9N3O4/c1-19-13(18)9-3-2-7(5-14-9)11-16-10-4-8(17)6-15-12(10)20-11/h2-6,17H,1H3. The van der Waals surface area contributed by atoms with Crippen LogP contribution in [0.5, 0.6) is 5.75 Å². The summed E-state index contributed by atoms with van der Waals surface area (Å²) >= 11 is 0. The molecule has 0 aromatic carbocycles. The maximum Gasteiger partial charge on any atom is 0.356 e. The van der Waals surface area contributed by atoms with Crippen LogP contribution in [0, 0.1) is 0 Å². The van der Waals surface area contributed by atoms with Gasteiger partial charge in [0.25, 0.3) is 0 Å². The minimum absolute atomic E-state index is 0.0107. The molecular weight excluding hydrogens is 262 g/mol. The molecule has 7 heteroatoms. The number of hydrogen-bond acceptors (Lipinski definition) is 7. The Kier molecular flexibility index (Phi) is 2.79. The van der Waals surface area contributed by atoms with Crippen molar-refractivity contribution in [1.82, 2.24) is 15.0 Å². The Morgan fingerprint density at radius 3 is 2.85 bits per heavy atom. The van der Waals surface area contributed by atoms with Crippen molar-refractivity contribution in [2.75, 3.05) is 7.11 Å². The third-order valence-corrected chi connectivity index (χ3v) is 2.64. The number of nitrogens with zero attached hydrogens (tertiary/aromatic N) is 3. The Hall–Kier alpha value is -2.96. The fraction of sp³-hybridized carbons (Fsp3) is 0.0769. The third kappa shape index (κ3) is 2.05. The quantitative estimate of drug-likeness (QED) is 0.709. The SMILES string of the molecule is COC(=O)c1ccc(-c2nc3cc(O)cnc3o2)cn1. The van der Waals surface area contributed by atoms with Crippen molar-refractivity contribution in [1.29, 1.82) is 0 Å². The zero-order chi connectivity index (χ0) is 14.1. The van der Waals surface area contributed by atoms with E-state index in [-0.39, 0.29) is 11.4 Å². The topological polar surface area (TPSA) is 98.3 Å². The molecule has 0 bridgehead atoms. The molecule has 3 heterocycles. The molecule has 3 aromatic rings. The van der Waals surface area contributed by atoms with E-state index >= 15 is 0 Å². The highest BCUT2D eigenvalue weighted by atomic mass is 16.5. The third-order valence-electron chi connectivity index (χ3n) is 2.64. The first-order valence-corrected chi connectivity index (χ1v) is 5.67. The summed E-state index contributed by atoms with van der Waals surface area (Å²) in [4.78, 5) is 23.4. The van der Waals surface area contributed by atoms with Gasteiger partial charge in [-0.2, -0.15) is 0 Å². The molecule has 0 saturated heterocycles. The van der Waals surface area contributed by atoms with Crippen molar-refractivity contribution < 1.29 is 19.1 Å². The van der Waals surface area contributed by atoms with Gasteiger partial charge in [0.05, 0.1) is 18.9 Å². The molecule has 0 aliphatic rings. The fourth-order valence-corrected chi connectivity index (χ4v) is 1.68. The summed E-state index contributed by atoms with van der Waals surface area (Å²) in [5, 5.41) is 9.33. The number of methoxy groups -OCH3 is 1. The van der Waals surface area contributed by atoms with Crippen LogP contribution in [-0.2, 0) is 4.74 Å². The summed E-state index contributed by atoms with van der Waals surface area (Å²) in [5.74, 6) is -0.195. The minimum Gasteiger partial charge on any atom is -0.506 e. The molecule has 0 aliphatic carbocycles. The van der Waals surface area contributed by atoms with Crippen LogP contribution in [0.4, 0.5) is 0 Å². The van der Waals surface area contributed by atoms with Crippen LogP contribution in [0.25, 0.3) is 22.7 Å². The van der Waals surface area contributed by atoms with Gasteiger partial charge in [0, 0.05) is 12.3 Å². The van der Waals surface area contributed by atoms with Crippen LogP contribution in [0.15, 0.2) is 35.0 Å². The Morgan fingerprint density at radius 1 is 1.30 bits per heavy atom. The first kappa shape index (κ1) is 12.1. The average Bonchev–Trinajstić information content (AvgIpc) is 2.89. The maximum absolute atomic E-state index is 11.3. The number of oxazole rings is 1. The van der Waals surface area contributed by atoms with Crippen LogP contribution in [0.1, 0.15) is 10.5 Å². The van der Waals surface area contributed by atoms with E-state index in [1.165, 1.54) is 31.6 Å². The molecule has 3 rings (SSSR count). The summed E-state index contributed by atoms with van der Waals surface area (Å²) in [6.07, 6.45) is 2.73. The van der Waals surface area contributed by atoms with Crippen molar-refractivity contribution in [3.8, 4) is 17.2 Å². The van der Waals surface area contributed by atoms with Crippen molar-refractivity contribution >= 4 is 17.2 Å². The number of aromatic hydroxyl groups is 1. The van der Waals surface area contributed by atoms with E-state index in [4.69, 9.17) is 4.42 Å². The molecule has 100 valence electrons. The minimum atomic E-state index is -0.513. The second kappa shape index (κ2) is 4.61. The Bertz CT molecular complexity index is 780. The summed E-state index contributed by atoms with van der Waals surface area (Å²) in [7, 11) is 1.29. The van der Waals surface area contributed by atoms with E-state index in [0.29, 0.717) is 22.7 Å². The van der Waals surface area contributed by atoms with Crippen molar-refractivity contribution in [3.05, 3.63) is 36.3 Å². The molecule has 0 fully saturated rings. The van der Waals surface area contributed by atoms with E-state index in [0.717, 1.165) is 0 Å². The van der Waals surface area contributed by atoms with Crippen molar-refractivity contribution in [2.24, 2.45) is 0 Å². The molecular formula is C13H9N3O4. The highest BCUT2D eigenvalue weighted by Crippen LogP contribution is 2.24. The summed E-state index contributed by atoms with van der Waals surface area (Å²) in [6, 6.07) is 4.61. The molecule has 0 unspecified atom stereocenters. The molecule has 1 N–H and O–H groups in total. The molecule has 0 amide bonds. The lowest BCUT2D eigenvalue weighted by atomic mass is 10.2. The van der Waals surface area contributed by atoms with E-state index in [9.17, 15) is 9.90 Å². The number of esters is 1.